The van der Waals surface area contributed by atoms with Gasteiger partial charge >= 0.3 is 6.18 Å². The van der Waals surface area contributed by atoms with Gasteiger partial charge in [0.05, 0.1) is 11.1 Å². The first-order valence-corrected chi connectivity index (χ1v) is 4.57. The second-order valence-corrected chi connectivity index (χ2v) is 3.28. The van der Waals surface area contributed by atoms with E-state index in [1.54, 1.807) is 0 Å². The Morgan fingerprint density at radius 2 is 1.94 bits per heavy atom. The SMILES string of the molecule is NCc1c(C(F)(F)F)cnc(C(N)=O)c1C(F)F. The van der Waals surface area contributed by atoms with Gasteiger partial charge in [-0.3, -0.25) is 4.79 Å². The molecule has 18 heavy (non-hydrogen) atoms. The number of rotatable bonds is 3. The molecule has 1 rings (SSSR count). The predicted molar refractivity (Wildman–Crippen MR) is 50.6 cm³/mol. The van der Waals surface area contributed by atoms with Gasteiger partial charge in [0.15, 0.2) is 0 Å². The van der Waals surface area contributed by atoms with Crippen LogP contribution in [0.5, 0.6) is 0 Å². The van der Waals surface area contributed by atoms with Gasteiger partial charge in [-0.2, -0.15) is 13.2 Å². The van der Waals surface area contributed by atoms with Crippen molar-refractivity contribution in [3.8, 4) is 0 Å². The summed E-state index contributed by atoms with van der Waals surface area (Å²) in [6, 6.07) is 0. The van der Waals surface area contributed by atoms with Gasteiger partial charge in [-0.05, 0) is 5.56 Å². The van der Waals surface area contributed by atoms with Gasteiger partial charge in [0.2, 0.25) is 0 Å². The minimum Gasteiger partial charge on any atom is -0.364 e. The Labute approximate surface area is 97.8 Å². The van der Waals surface area contributed by atoms with Crippen molar-refractivity contribution in [2.45, 2.75) is 19.1 Å². The first kappa shape index (κ1) is 14.3. The number of halogens is 5. The highest BCUT2D eigenvalue weighted by Gasteiger charge is 2.37. The molecule has 4 nitrogen and oxygen atoms in total. The number of primary amides is 1. The van der Waals surface area contributed by atoms with Gasteiger partial charge in [-0.15, -0.1) is 0 Å². The third kappa shape index (κ3) is 2.55. The van der Waals surface area contributed by atoms with Crippen LogP contribution in [0.2, 0.25) is 0 Å². The molecule has 0 aliphatic carbocycles. The van der Waals surface area contributed by atoms with E-state index in [-0.39, 0.29) is 6.20 Å². The minimum absolute atomic E-state index is 0.272. The molecule has 1 amide bonds. The van der Waals surface area contributed by atoms with Crippen molar-refractivity contribution in [1.82, 2.24) is 4.98 Å². The molecule has 9 heteroatoms. The lowest BCUT2D eigenvalue weighted by atomic mass is 10.0. The second kappa shape index (κ2) is 4.84. The van der Waals surface area contributed by atoms with E-state index in [0.717, 1.165) is 0 Å². The first-order valence-electron chi connectivity index (χ1n) is 4.57. The Morgan fingerprint density at radius 1 is 1.39 bits per heavy atom. The maximum Gasteiger partial charge on any atom is 0.418 e. The molecule has 4 N–H and O–H groups in total. The summed E-state index contributed by atoms with van der Waals surface area (Å²) in [5, 5.41) is 0. The molecule has 0 unspecified atom stereocenters. The second-order valence-electron chi connectivity index (χ2n) is 3.28. The van der Waals surface area contributed by atoms with Gasteiger partial charge in [-0.1, -0.05) is 0 Å². The van der Waals surface area contributed by atoms with Crippen LogP contribution in [0.4, 0.5) is 22.0 Å². The number of amides is 1. The fraction of sp³-hybridized carbons (Fsp3) is 0.333. The van der Waals surface area contributed by atoms with Crippen molar-refractivity contribution in [2.24, 2.45) is 11.5 Å². The number of pyridine rings is 1. The molecule has 0 atom stereocenters. The van der Waals surface area contributed by atoms with E-state index in [0.29, 0.717) is 0 Å². The highest BCUT2D eigenvalue weighted by Crippen LogP contribution is 2.36. The lowest BCUT2D eigenvalue weighted by Crippen LogP contribution is -2.22. The fourth-order valence-electron chi connectivity index (χ4n) is 1.46. The molecule has 0 bridgehead atoms. The molecular formula is C9H8F5N3O. The molecule has 0 aromatic carbocycles. The molecule has 0 aliphatic heterocycles. The van der Waals surface area contributed by atoms with Gasteiger partial charge in [-0.25, -0.2) is 13.8 Å². The quantitative estimate of drug-likeness (QED) is 0.817. The zero-order valence-electron chi connectivity index (χ0n) is 8.76. The number of hydrogen-bond acceptors (Lipinski definition) is 3. The fourth-order valence-corrected chi connectivity index (χ4v) is 1.46. The molecule has 1 aromatic rings. The van der Waals surface area contributed by atoms with E-state index in [4.69, 9.17) is 11.5 Å². The van der Waals surface area contributed by atoms with Crippen molar-refractivity contribution in [2.75, 3.05) is 0 Å². The van der Waals surface area contributed by atoms with Crippen LogP contribution in [0.15, 0.2) is 6.20 Å². The first-order chi connectivity index (χ1) is 8.20. The molecule has 100 valence electrons. The normalized spacial score (nSPS) is 11.9. The number of nitrogens with two attached hydrogens (primary N) is 2. The number of alkyl halides is 5. The summed E-state index contributed by atoms with van der Waals surface area (Å²) in [6.45, 7) is -0.808. The van der Waals surface area contributed by atoms with Gasteiger partial charge < -0.3 is 11.5 Å². The van der Waals surface area contributed by atoms with Crippen LogP contribution in [0.25, 0.3) is 0 Å². The Morgan fingerprint density at radius 3 is 2.28 bits per heavy atom. The average molecular weight is 269 g/mol. The third-order valence-corrected chi connectivity index (χ3v) is 2.19. The molecule has 0 aliphatic rings. The summed E-state index contributed by atoms with van der Waals surface area (Å²) in [4.78, 5) is 13.9. The van der Waals surface area contributed by atoms with E-state index in [9.17, 15) is 26.7 Å². The van der Waals surface area contributed by atoms with Crippen LogP contribution in [-0.4, -0.2) is 10.9 Å². The maximum atomic E-state index is 12.7. The summed E-state index contributed by atoms with van der Waals surface area (Å²) in [5.74, 6) is -1.34. The maximum absolute atomic E-state index is 12.7. The summed E-state index contributed by atoms with van der Waals surface area (Å²) in [7, 11) is 0. The van der Waals surface area contributed by atoms with Crippen LogP contribution in [0, 0.1) is 0 Å². The number of carbonyl (C=O) groups is 1. The van der Waals surface area contributed by atoms with E-state index >= 15 is 0 Å². The Hall–Kier alpha value is -1.77. The van der Waals surface area contributed by atoms with Crippen LogP contribution >= 0.6 is 0 Å². The highest BCUT2D eigenvalue weighted by molar-refractivity contribution is 5.92. The molecule has 0 saturated heterocycles. The molecule has 0 fully saturated rings. The molecule has 0 radical (unpaired) electrons. The molecule has 1 aromatic heterocycles. The Balaban J connectivity index is 3.64. The zero-order chi connectivity index (χ0) is 14.1. The summed E-state index contributed by atoms with van der Waals surface area (Å²) in [6.07, 6.45) is -7.95. The predicted octanol–water partition coefficient (Wildman–Crippen LogP) is 1.60. The third-order valence-electron chi connectivity index (χ3n) is 2.19. The number of hydrogen-bond donors (Lipinski definition) is 2. The van der Waals surface area contributed by atoms with Crippen molar-refractivity contribution < 1.29 is 26.7 Å². The smallest absolute Gasteiger partial charge is 0.364 e. The topological polar surface area (TPSA) is 82.0 Å². The Bertz CT molecular complexity index is 472. The largest absolute Gasteiger partial charge is 0.418 e. The number of nitrogens with zero attached hydrogens (tertiary/aromatic N) is 1. The molecular weight excluding hydrogens is 261 g/mol. The molecule has 0 spiro atoms. The lowest BCUT2D eigenvalue weighted by molar-refractivity contribution is -0.138. The van der Waals surface area contributed by atoms with Crippen LogP contribution in [0.3, 0.4) is 0 Å². The molecule has 0 saturated carbocycles. The summed E-state index contributed by atoms with van der Waals surface area (Å²) < 4.78 is 63.1. The van der Waals surface area contributed by atoms with Gasteiger partial charge in [0, 0.05) is 12.7 Å². The van der Waals surface area contributed by atoms with E-state index in [2.05, 4.69) is 4.98 Å². The average Bonchev–Trinajstić information content (AvgIpc) is 2.25. The van der Waals surface area contributed by atoms with E-state index in [1.165, 1.54) is 0 Å². The van der Waals surface area contributed by atoms with Crippen molar-refractivity contribution in [3.05, 3.63) is 28.6 Å². The van der Waals surface area contributed by atoms with Crippen LogP contribution in [0.1, 0.15) is 33.6 Å². The van der Waals surface area contributed by atoms with Crippen molar-refractivity contribution in [3.63, 3.8) is 0 Å². The molecule has 1 heterocycles. The van der Waals surface area contributed by atoms with Crippen LogP contribution in [-0.2, 0) is 12.7 Å². The van der Waals surface area contributed by atoms with Crippen LogP contribution < -0.4 is 11.5 Å². The standard InChI is InChI=1S/C9H8F5N3O/c10-7(11)5-3(1-15)4(9(12,13)14)2-17-6(5)8(16)18/h2,7H,1,15H2,(H2,16,18). The van der Waals surface area contributed by atoms with Gasteiger partial charge in [0.25, 0.3) is 12.3 Å². The minimum atomic E-state index is -4.89. The summed E-state index contributed by atoms with van der Waals surface area (Å²) in [5.41, 5.74) is 5.48. The zero-order valence-corrected chi connectivity index (χ0v) is 8.76. The highest BCUT2D eigenvalue weighted by atomic mass is 19.4. The Kier molecular flexibility index (Phi) is 3.85. The van der Waals surface area contributed by atoms with Crippen molar-refractivity contribution >= 4 is 5.91 Å². The van der Waals surface area contributed by atoms with E-state index < -0.39 is 47.4 Å². The van der Waals surface area contributed by atoms with E-state index in [1.807, 2.05) is 0 Å². The summed E-state index contributed by atoms with van der Waals surface area (Å²) >= 11 is 0. The van der Waals surface area contributed by atoms with Gasteiger partial charge in [0.1, 0.15) is 5.69 Å². The number of aromatic nitrogens is 1. The number of carbonyl (C=O) groups excluding carboxylic acids is 1. The monoisotopic (exact) mass is 269 g/mol. The lowest BCUT2D eigenvalue weighted by Gasteiger charge is -2.16. The van der Waals surface area contributed by atoms with Crippen molar-refractivity contribution in [1.29, 1.82) is 0 Å².